The molecule has 2 unspecified atom stereocenters. The number of anilines is 4. The third-order valence-corrected chi connectivity index (χ3v) is 12.4. The number of benzene rings is 4. The largest absolute Gasteiger partial charge is 0.324 e. The third-order valence-electron chi connectivity index (χ3n) is 10.1. The van der Waals surface area contributed by atoms with Crippen molar-refractivity contribution >= 4 is 70.8 Å². The van der Waals surface area contributed by atoms with E-state index in [2.05, 4.69) is 20.6 Å². The average Bonchev–Trinajstić information content (AvgIpc) is 3.84. The summed E-state index contributed by atoms with van der Waals surface area (Å²) in [4.78, 5) is 32.6. The number of Topliss-reactive ketones (excluding diaryl/α,β-unsaturated/α-hetero) is 1. The van der Waals surface area contributed by atoms with Crippen LogP contribution in [0.15, 0.2) is 144 Å². The van der Waals surface area contributed by atoms with Gasteiger partial charge in [0.25, 0.3) is 0 Å². The lowest BCUT2D eigenvalue weighted by molar-refractivity contribution is -0.121. The average molecular weight is 811 g/mol. The van der Waals surface area contributed by atoms with Crippen molar-refractivity contribution in [2.75, 3.05) is 23.1 Å². The van der Waals surface area contributed by atoms with Gasteiger partial charge in [-0.25, -0.2) is 26.8 Å². The van der Waals surface area contributed by atoms with Crippen molar-refractivity contribution in [2.24, 2.45) is 0 Å². The summed E-state index contributed by atoms with van der Waals surface area (Å²) in [5.41, 5.74) is 6.15. The summed E-state index contributed by atoms with van der Waals surface area (Å²) in [6, 6.07) is 32.3. The van der Waals surface area contributed by atoms with Crippen molar-refractivity contribution in [2.45, 2.75) is 35.5 Å². The molecule has 0 aliphatic heterocycles. The van der Waals surface area contributed by atoms with Crippen LogP contribution < -0.4 is 10.6 Å². The molecule has 0 saturated carbocycles. The quantitative estimate of drug-likeness (QED) is 0.123. The Hall–Kier alpha value is -6.71. The summed E-state index contributed by atoms with van der Waals surface area (Å²) >= 11 is 0. The van der Waals surface area contributed by atoms with Crippen LogP contribution in [0.25, 0.3) is 33.4 Å². The lowest BCUT2D eigenvalue weighted by Gasteiger charge is -2.18. The van der Waals surface area contributed by atoms with Crippen molar-refractivity contribution in [1.82, 2.24) is 29.1 Å². The van der Waals surface area contributed by atoms with Crippen LogP contribution in [0.5, 0.6) is 0 Å². The Balaban J connectivity index is 0.910. The van der Waals surface area contributed by atoms with Gasteiger partial charge in [-0.05, 0) is 96.1 Å². The molecule has 0 radical (unpaired) electrons. The molecule has 0 spiro atoms. The van der Waals surface area contributed by atoms with Crippen LogP contribution in [0.3, 0.4) is 0 Å². The van der Waals surface area contributed by atoms with Crippen molar-refractivity contribution in [3.63, 3.8) is 0 Å². The van der Waals surface area contributed by atoms with E-state index in [1.165, 1.54) is 12.5 Å². The van der Waals surface area contributed by atoms with Gasteiger partial charge in [0.15, 0.2) is 19.7 Å². The molecule has 4 aromatic heterocycles. The molecular formula is C43H38N8O5S2. The van der Waals surface area contributed by atoms with E-state index in [4.69, 9.17) is 9.97 Å². The Kier molecular flexibility index (Phi) is 9.87. The highest BCUT2D eigenvalue weighted by Crippen LogP contribution is 2.30. The van der Waals surface area contributed by atoms with E-state index in [9.17, 15) is 21.6 Å². The highest BCUT2D eigenvalue weighted by Gasteiger charge is 2.23. The van der Waals surface area contributed by atoms with Crippen LogP contribution in [0.1, 0.15) is 36.8 Å². The molecule has 8 aromatic rings. The Bertz CT molecular complexity index is 2830. The van der Waals surface area contributed by atoms with Gasteiger partial charge in [-0.3, -0.25) is 4.79 Å². The number of hydrogen-bond donors (Lipinski definition) is 2. The van der Waals surface area contributed by atoms with Gasteiger partial charge in [-0.15, -0.1) is 0 Å². The lowest BCUT2D eigenvalue weighted by atomic mass is 9.86. The van der Waals surface area contributed by atoms with Gasteiger partial charge in [-0.2, -0.15) is 9.97 Å². The molecule has 0 saturated heterocycles. The minimum atomic E-state index is -3.31. The summed E-state index contributed by atoms with van der Waals surface area (Å²) in [5, 5.41) is 8.16. The number of carbonyl (C=O) groups excluding carboxylic acids is 1. The Morgan fingerprint density at radius 3 is 1.24 bits per heavy atom. The molecule has 0 amide bonds. The first-order valence-corrected chi connectivity index (χ1v) is 22.1. The number of rotatable bonds is 12. The predicted octanol–water partition coefficient (Wildman–Crippen LogP) is 7.92. The van der Waals surface area contributed by atoms with E-state index in [-0.39, 0.29) is 27.4 Å². The second-order valence-corrected chi connectivity index (χ2v) is 18.2. The number of ketones is 1. The van der Waals surface area contributed by atoms with E-state index < -0.39 is 19.7 Å². The number of hydrogen-bond acceptors (Lipinski definition) is 11. The van der Waals surface area contributed by atoms with Crippen LogP contribution >= 0.6 is 0 Å². The van der Waals surface area contributed by atoms with Crippen molar-refractivity contribution < 1.29 is 21.6 Å². The summed E-state index contributed by atoms with van der Waals surface area (Å²) in [7, 11) is -6.61. The summed E-state index contributed by atoms with van der Waals surface area (Å²) in [6.45, 7) is 3.82. The standard InChI is InChI=1S/C43H38N8O5S2/c1-27(29-5-9-33(10-6-29)46-42-44-25-31-21-23-50(40(31)48-42)35-13-17-37(18-14-35)57(3,53)54)39(52)28(2)30-7-11-34(12-8-30)47-43-45-26-32-22-24-51(41(32)49-43)36-15-19-38(20-16-36)58(4,55)56/h5-28H,1-4H3,(H,44,46,48)(H,45,47,49). The van der Waals surface area contributed by atoms with E-state index in [1.54, 1.807) is 60.9 Å². The first-order valence-electron chi connectivity index (χ1n) is 18.3. The third kappa shape index (κ3) is 7.81. The number of nitrogens with zero attached hydrogens (tertiary/aromatic N) is 6. The molecule has 8 rings (SSSR count). The minimum absolute atomic E-state index is 0.0830. The smallest absolute Gasteiger partial charge is 0.229 e. The fourth-order valence-corrected chi connectivity index (χ4v) is 8.01. The monoisotopic (exact) mass is 810 g/mol. The van der Waals surface area contributed by atoms with Gasteiger partial charge in [0.05, 0.1) is 9.79 Å². The maximum Gasteiger partial charge on any atom is 0.229 e. The molecule has 58 heavy (non-hydrogen) atoms. The zero-order valence-corrected chi connectivity index (χ0v) is 33.5. The predicted molar refractivity (Wildman–Crippen MR) is 225 cm³/mol. The number of sulfone groups is 2. The molecule has 0 aliphatic rings. The molecule has 4 heterocycles. The fourth-order valence-electron chi connectivity index (χ4n) is 6.75. The van der Waals surface area contributed by atoms with Crippen LogP contribution in [-0.2, 0) is 24.5 Å². The summed E-state index contributed by atoms with van der Waals surface area (Å²) in [5.74, 6) is 0.157. The molecule has 2 N–H and O–H groups in total. The molecule has 292 valence electrons. The second kappa shape index (κ2) is 15.0. The summed E-state index contributed by atoms with van der Waals surface area (Å²) < 4.78 is 51.4. The van der Waals surface area contributed by atoms with E-state index in [1.807, 2.05) is 96.0 Å². The topological polar surface area (TPSA) is 171 Å². The Morgan fingerprint density at radius 1 is 0.534 bits per heavy atom. The van der Waals surface area contributed by atoms with E-state index in [0.29, 0.717) is 23.2 Å². The molecule has 0 bridgehead atoms. The van der Waals surface area contributed by atoms with Crippen LogP contribution in [0.4, 0.5) is 23.3 Å². The van der Waals surface area contributed by atoms with Gasteiger partial charge in [0.2, 0.25) is 11.9 Å². The normalized spacial score (nSPS) is 13.0. The van der Waals surface area contributed by atoms with Gasteiger partial charge in [-0.1, -0.05) is 38.1 Å². The molecular weight excluding hydrogens is 773 g/mol. The minimum Gasteiger partial charge on any atom is -0.324 e. The lowest BCUT2D eigenvalue weighted by Crippen LogP contribution is -2.16. The number of aromatic nitrogens is 6. The number of fused-ring (bicyclic) bond motifs is 2. The van der Waals surface area contributed by atoms with Crippen molar-refractivity contribution in [1.29, 1.82) is 0 Å². The van der Waals surface area contributed by atoms with Gasteiger partial charge in [0.1, 0.15) is 17.1 Å². The summed E-state index contributed by atoms with van der Waals surface area (Å²) in [6.07, 6.45) is 9.54. The van der Waals surface area contributed by atoms with Crippen molar-refractivity contribution in [3.05, 3.63) is 145 Å². The van der Waals surface area contributed by atoms with E-state index >= 15 is 0 Å². The SMILES string of the molecule is CC(C(=O)C(C)c1ccc(Nc2ncc3ccn(-c4ccc(S(C)(=O)=O)cc4)c3n2)cc1)c1ccc(Nc2ncc3ccn(-c4ccc(S(C)(=O)=O)cc4)c3n2)cc1. The maximum absolute atomic E-state index is 13.7. The van der Waals surface area contributed by atoms with Crippen LogP contribution in [0, 0.1) is 0 Å². The Morgan fingerprint density at radius 2 is 0.897 bits per heavy atom. The second-order valence-electron chi connectivity index (χ2n) is 14.2. The molecule has 4 aromatic carbocycles. The van der Waals surface area contributed by atoms with Crippen molar-refractivity contribution in [3.8, 4) is 11.4 Å². The zero-order chi connectivity index (χ0) is 40.8. The zero-order valence-electron chi connectivity index (χ0n) is 31.9. The highest BCUT2D eigenvalue weighted by molar-refractivity contribution is 7.91. The first-order chi connectivity index (χ1) is 27.7. The van der Waals surface area contributed by atoms with Gasteiger partial charge >= 0.3 is 0 Å². The molecule has 15 heteroatoms. The first kappa shape index (κ1) is 38.2. The molecule has 0 fully saturated rings. The number of nitrogens with one attached hydrogen (secondary N) is 2. The molecule has 13 nitrogen and oxygen atoms in total. The van der Waals surface area contributed by atoms with E-state index in [0.717, 1.165) is 44.6 Å². The Labute approximate surface area is 335 Å². The number of carbonyl (C=O) groups is 1. The molecule has 2 atom stereocenters. The fraction of sp³-hybridized carbons (Fsp3) is 0.140. The van der Waals surface area contributed by atoms with Crippen LogP contribution in [-0.4, -0.2) is 64.2 Å². The van der Waals surface area contributed by atoms with Crippen LogP contribution in [0.2, 0.25) is 0 Å². The van der Waals surface area contributed by atoms with Gasteiger partial charge in [0, 0.05) is 82.7 Å². The maximum atomic E-state index is 13.7. The highest BCUT2D eigenvalue weighted by atomic mass is 32.2. The van der Waals surface area contributed by atoms with Gasteiger partial charge < -0.3 is 19.8 Å². The molecule has 0 aliphatic carbocycles.